The molecule has 1 aliphatic carbocycles. The normalized spacial score (nSPS) is 22.1. The van der Waals surface area contributed by atoms with E-state index in [2.05, 4.69) is 24.9 Å². The molecule has 1 heterocycles. The van der Waals surface area contributed by atoms with Crippen LogP contribution in [0.25, 0.3) is 0 Å². The Balaban J connectivity index is 2.22. The van der Waals surface area contributed by atoms with Crippen molar-refractivity contribution in [2.45, 2.75) is 58.2 Å². The van der Waals surface area contributed by atoms with Crippen molar-refractivity contribution in [3.05, 3.63) is 29.6 Å². The van der Waals surface area contributed by atoms with Crippen LogP contribution in [0.4, 0.5) is 0 Å². The predicted octanol–water partition coefficient (Wildman–Crippen LogP) is 2.92. The van der Waals surface area contributed by atoms with Crippen LogP contribution in [0.3, 0.4) is 0 Å². The first-order valence-corrected chi connectivity index (χ1v) is 7.38. The SMILES string of the molecule is CCOC(C(C)C)C(O)C1CCCc2cccnc21. The molecule has 0 saturated heterocycles. The van der Waals surface area contributed by atoms with Gasteiger partial charge in [-0.05, 0) is 43.7 Å². The summed E-state index contributed by atoms with van der Waals surface area (Å²) < 4.78 is 5.76. The van der Waals surface area contributed by atoms with Crippen LogP contribution in [0.15, 0.2) is 18.3 Å². The Morgan fingerprint density at radius 3 is 2.95 bits per heavy atom. The lowest BCUT2D eigenvalue weighted by Crippen LogP contribution is -2.39. The molecule has 0 saturated carbocycles. The first kappa shape index (κ1) is 14.5. The number of hydrogen-bond acceptors (Lipinski definition) is 3. The Labute approximate surface area is 116 Å². The van der Waals surface area contributed by atoms with Crippen molar-refractivity contribution in [1.82, 2.24) is 4.98 Å². The molecule has 2 rings (SSSR count). The fraction of sp³-hybridized carbons (Fsp3) is 0.688. The summed E-state index contributed by atoms with van der Waals surface area (Å²) in [7, 11) is 0. The zero-order chi connectivity index (χ0) is 13.8. The molecule has 0 spiro atoms. The molecule has 0 aromatic carbocycles. The van der Waals surface area contributed by atoms with Gasteiger partial charge in [-0.2, -0.15) is 0 Å². The van der Waals surface area contributed by atoms with E-state index in [9.17, 15) is 5.11 Å². The zero-order valence-electron chi connectivity index (χ0n) is 12.2. The van der Waals surface area contributed by atoms with Crippen LogP contribution >= 0.6 is 0 Å². The minimum Gasteiger partial charge on any atom is -0.390 e. The Hall–Kier alpha value is -0.930. The topological polar surface area (TPSA) is 42.4 Å². The van der Waals surface area contributed by atoms with E-state index in [1.165, 1.54) is 5.56 Å². The first-order valence-electron chi connectivity index (χ1n) is 7.38. The second-order valence-corrected chi connectivity index (χ2v) is 5.70. The van der Waals surface area contributed by atoms with E-state index in [0.717, 1.165) is 25.0 Å². The van der Waals surface area contributed by atoms with Gasteiger partial charge in [0.15, 0.2) is 0 Å². The Morgan fingerprint density at radius 1 is 1.47 bits per heavy atom. The van der Waals surface area contributed by atoms with Gasteiger partial charge in [0.2, 0.25) is 0 Å². The lowest BCUT2D eigenvalue weighted by molar-refractivity contribution is -0.0695. The van der Waals surface area contributed by atoms with Crippen molar-refractivity contribution < 1.29 is 9.84 Å². The van der Waals surface area contributed by atoms with Crippen molar-refractivity contribution in [3.63, 3.8) is 0 Å². The van der Waals surface area contributed by atoms with Crippen LogP contribution in [0.1, 0.15) is 50.8 Å². The van der Waals surface area contributed by atoms with Gasteiger partial charge in [0.05, 0.1) is 12.2 Å². The minimum atomic E-state index is -0.464. The summed E-state index contributed by atoms with van der Waals surface area (Å²) in [5.74, 6) is 0.424. The standard InChI is InChI=1S/C16H25NO2/c1-4-19-16(11(2)3)15(18)13-9-5-7-12-8-6-10-17-14(12)13/h6,8,10-11,13,15-16,18H,4-5,7,9H2,1-3H3. The van der Waals surface area contributed by atoms with Gasteiger partial charge in [0, 0.05) is 24.4 Å². The number of aliphatic hydroxyl groups excluding tert-OH is 1. The summed E-state index contributed by atoms with van der Waals surface area (Å²) in [6.07, 6.45) is 4.46. The van der Waals surface area contributed by atoms with Gasteiger partial charge < -0.3 is 9.84 Å². The summed E-state index contributed by atoms with van der Waals surface area (Å²) in [4.78, 5) is 4.51. The van der Waals surface area contributed by atoms with Crippen LogP contribution in [-0.2, 0) is 11.2 Å². The van der Waals surface area contributed by atoms with E-state index in [0.29, 0.717) is 12.5 Å². The van der Waals surface area contributed by atoms with Crippen LogP contribution < -0.4 is 0 Å². The van der Waals surface area contributed by atoms with Gasteiger partial charge in [-0.15, -0.1) is 0 Å². The number of aryl methyl sites for hydroxylation is 1. The van der Waals surface area contributed by atoms with Crippen molar-refractivity contribution in [2.24, 2.45) is 5.92 Å². The highest BCUT2D eigenvalue weighted by atomic mass is 16.5. The summed E-state index contributed by atoms with van der Waals surface area (Å²) in [6, 6.07) is 4.11. The monoisotopic (exact) mass is 263 g/mol. The van der Waals surface area contributed by atoms with Crippen molar-refractivity contribution in [1.29, 1.82) is 0 Å². The number of aliphatic hydroxyl groups is 1. The molecule has 3 nitrogen and oxygen atoms in total. The summed E-state index contributed by atoms with van der Waals surface area (Å²) in [5.41, 5.74) is 2.36. The number of ether oxygens (including phenoxy) is 1. The molecule has 3 heteroatoms. The Bertz CT molecular complexity index is 405. The molecule has 0 amide bonds. The van der Waals surface area contributed by atoms with E-state index in [1.807, 2.05) is 19.2 Å². The van der Waals surface area contributed by atoms with Crippen LogP contribution in [0.2, 0.25) is 0 Å². The third-order valence-corrected chi connectivity index (χ3v) is 4.00. The van der Waals surface area contributed by atoms with Gasteiger partial charge in [0.25, 0.3) is 0 Å². The number of rotatable bonds is 5. The molecule has 0 fully saturated rings. The predicted molar refractivity (Wildman–Crippen MR) is 76.2 cm³/mol. The average molecular weight is 263 g/mol. The maximum atomic E-state index is 10.7. The lowest BCUT2D eigenvalue weighted by atomic mass is 9.79. The highest BCUT2D eigenvalue weighted by Crippen LogP contribution is 2.35. The Kier molecular flexibility index (Phi) is 4.94. The Morgan fingerprint density at radius 2 is 2.26 bits per heavy atom. The van der Waals surface area contributed by atoms with E-state index < -0.39 is 6.10 Å². The number of nitrogens with zero attached hydrogens (tertiary/aromatic N) is 1. The second kappa shape index (κ2) is 6.49. The molecule has 1 N–H and O–H groups in total. The van der Waals surface area contributed by atoms with E-state index in [1.54, 1.807) is 0 Å². The first-order chi connectivity index (χ1) is 9.15. The molecule has 19 heavy (non-hydrogen) atoms. The number of fused-ring (bicyclic) bond motifs is 1. The molecule has 1 aromatic heterocycles. The molecule has 1 aromatic rings. The van der Waals surface area contributed by atoms with Crippen LogP contribution in [-0.4, -0.2) is 28.9 Å². The largest absolute Gasteiger partial charge is 0.390 e. The van der Waals surface area contributed by atoms with E-state index in [-0.39, 0.29) is 12.0 Å². The fourth-order valence-corrected chi connectivity index (χ4v) is 3.08. The van der Waals surface area contributed by atoms with Gasteiger partial charge >= 0.3 is 0 Å². The summed E-state index contributed by atoms with van der Waals surface area (Å²) in [5, 5.41) is 10.7. The van der Waals surface area contributed by atoms with E-state index in [4.69, 9.17) is 4.74 Å². The van der Waals surface area contributed by atoms with E-state index >= 15 is 0 Å². The van der Waals surface area contributed by atoms with Crippen molar-refractivity contribution in [2.75, 3.05) is 6.61 Å². The van der Waals surface area contributed by atoms with Crippen LogP contribution in [0.5, 0.6) is 0 Å². The quantitative estimate of drug-likeness (QED) is 0.888. The molecule has 0 radical (unpaired) electrons. The average Bonchev–Trinajstić information content (AvgIpc) is 2.43. The molecule has 0 aliphatic heterocycles. The third-order valence-electron chi connectivity index (χ3n) is 4.00. The molecular formula is C16H25NO2. The molecule has 3 unspecified atom stereocenters. The number of pyridine rings is 1. The highest BCUT2D eigenvalue weighted by molar-refractivity contribution is 5.27. The molecule has 1 aliphatic rings. The third kappa shape index (κ3) is 3.15. The summed E-state index contributed by atoms with van der Waals surface area (Å²) in [6.45, 7) is 6.83. The molecular weight excluding hydrogens is 238 g/mol. The minimum absolute atomic E-state index is 0.108. The van der Waals surface area contributed by atoms with Crippen molar-refractivity contribution >= 4 is 0 Å². The second-order valence-electron chi connectivity index (χ2n) is 5.70. The molecule has 0 bridgehead atoms. The smallest absolute Gasteiger partial charge is 0.0887 e. The van der Waals surface area contributed by atoms with Gasteiger partial charge in [0.1, 0.15) is 0 Å². The maximum absolute atomic E-state index is 10.7. The van der Waals surface area contributed by atoms with Gasteiger partial charge in [-0.1, -0.05) is 19.9 Å². The zero-order valence-corrected chi connectivity index (χ0v) is 12.2. The number of aromatic nitrogens is 1. The maximum Gasteiger partial charge on any atom is 0.0887 e. The van der Waals surface area contributed by atoms with Gasteiger partial charge in [-0.3, -0.25) is 4.98 Å². The highest BCUT2D eigenvalue weighted by Gasteiger charge is 2.34. The van der Waals surface area contributed by atoms with Crippen LogP contribution in [0, 0.1) is 5.92 Å². The fourth-order valence-electron chi connectivity index (χ4n) is 3.08. The van der Waals surface area contributed by atoms with Gasteiger partial charge in [-0.25, -0.2) is 0 Å². The molecule has 3 atom stereocenters. The molecule has 106 valence electrons. The van der Waals surface area contributed by atoms with Crippen molar-refractivity contribution in [3.8, 4) is 0 Å². The summed E-state index contributed by atoms with van der Waals surface area (Å²) >= 11 is 0. The number of hydrogen-bond donors (Lipinski definition) is 1. The lowest BCUT2D eigenvalue weighted by Gasteiger charge is -2.34.